The Morgan fingerprint density at radius 3 is 2.70 bits per heavy atom. The molecule has 0 N–H and O–H groups in total. The van der Waals surface area contributed by atoms with E-state index in [1.807, 2.05) is 36.0 Å². The van der Waals surface area contributed by atoms with Crippen LogP contribution in [0.4, 0.5) is 5.69 Å². The molecule has 7 nitrogen and oxygen atoms in total. The normalized spacial score (nSPS) is 17.3. The molecule has 2 aromatic rings. The van der Waals surface area contributed by atoms with Crippen molar-refractivity contribution in [3.05, 3.63) is 47.8 Å². The zero-order valence-corrected chi connectivity index (χ0v) is 17.8. The third-order valence-corrected chi connectivity index (χ3v) is 5.83. The summed E-state index contributed by atoms with van der Waals surface area (Å²) >= 11 is 0. The lowest BCUT2D eigenvalue weighted by molar-refractivity contribution is 0.0986. The van der Waals surface area contributed by atoms with Gasteiger partial charge in [0.25, 0.3) is 0 Å². The van der Waals surface area contributed by atoms with E-state index in [9.17, 15) is 4.79 Å². The summed E-state index contributed by atoms with van der Waals surface area (Å²) in [5, 5.41) is 0. The van der Waals surface area contributed by atoms with Crippen molar-refractivity contribution in [3.63, 3.8) is 0 Å². The maximum atomic E-state index is 12.2. The Kier molecular flexibility index (Phi) is 6.38. The molecule has 0 radical (unpaired) electrons. The fourth-order valence-electron chi connectivity index (χ4n) is 4.16. The van der Waals surface area contributed by atoms with Gasteiger partial charge in [-0.2, -0.15) is 0 Å². The summed E-state index contributed by atoms with van der Waals surface area (Å²) in [7, 11) is 3.65. The second kappa shape index (κ2) is 9.34. The molecule has 160 valence electrons. The number of Topliss-reactive ketones (excluding diaryl/α,β-unsaturated/α-hetero) is 1. The third-order valence-electron chi connectivity index (χ3n) is 5.83. The van der Waals surface area contributed by atoms with E-state index in [2.05, 4.69) is 26.9 Å². The van der Waals surface area contributed by atoms with Crippen molar-refractivity contribution in [2.45, 2.75) is 12.8 Å². The molecule has 1 fully saturated rings. The average Bonchev–Trinajstić information content (AvgIpc) is 3.09. The first-order chi connectivity index (χ1) is 14.7. The van der Waals surface area contributed by atoms with Crippen LogP contribution in [-0.4, -0.2) is 74.1 Å². The Morgan fingerprint density at radius 2 is 1.90 bits per heavy atom. The van der Waals surface area contributed by atoms with E-state index in [0.717, 1.165) is 56.2 Å². The lowest BCUT2D eigenvalue weighted by Gasteiger charge is -2.36. The maximum absolute atomic E-state index is 12.2. The van der Waals surface area contributed by atoms with Gasteiger partial charge in [0.2, 0.25) is 5.90 Å². The Bertz CT molecular complexity index is 913. The van der Waals surface area contributed by atoms with Crippen LogP contribution in [0.1, 0.15) is 28.9 Å². The molecule has 7 heteroatoms. The second-order valence-corrected chi connectivity index (χ2v) is 7.75. The minimum absolute atomic E-state index is 0.140. The van der Waals surface area contributed by atoms with Crippen LogP contribution in [0.25, 0.3) is 0 Å². The zero-order chi connectivity index (χ0) is 20.9. The first kappa shape index (κ1) is 20.5. The molecule has 0 atom stereocenters. The number of rotatable bonds is 6. The van der Waals surface area contributed by atoms with E-state index in [1.165, 1.54) is 5.69 Å². The zero-order valence-electron chi connectivity index (χ0n) is 17.8. The number of methoxy groups -OCH3 is 1. The fourth-order valence-corrected chi connectivity index (χ4v) is 4.16. The number of nitrogens with zero attached hydrogens (tertiary/aromatic N) is 4. The monoisotopic (exact) mass is 410 g/mol. The quantitative estimate of drug-likeness (QED) is 0.685. The van der Waals surface area contributed by atoms with Gasteiger partial charge in [0, 0.05) is 58.0 Å². The van der Waals surface area contributed by atoms with E-state index in [1.54, 1.807) is 7.11 Å². The van der Waals surface area contributed by atoms with Crippen molar-refractivity contribution in [2.75, 3.05) is 57.9 Å². The molecule has 4 rings (SSSR count). The topological polar surface area (TPSA) is 59.3 Å². The van der Waals surface area contributed by atoms with Crippen LogP contribution in [-0.2, 0) is 11.8 Å². The average molecular weight is 411 g/mol. The van der Waals surface area contributed by atoms with Gasteiger partial charge in [-0.1, -0.05) is 12.1 Å². The molecule has 0 saturated carbocycles. The molecule has 30 heavy (non-hydrogen) atoms. The number of ether oxygens (including phenoxy) is 2. The van der Waals surface area contributed by atoms with Crippen LogP contribution in [0.5, 0.6) is 5.75 Å². The van der Waals surface area contributed by atoms with Crippen molar-refractivity contribution in [3.8, 4) is 5.75 Å². The molecule has 1 saturated heterocycles. The van der Waals surface area contributed by atoms with Crippen molar-refractivity contribution in [1.29, 1.82) is 0 Å². The number of para-hydroxylation sites is 2. The van der Waals surface area contributed by atoms with Gasteiger partial charge in [-0.05, 0) is 24.6 Å². The van der Waals surface area contributed by atoms with Gasteiger partial charge in [0.05, 0.1) is 25.9 Å². The van der Waals surface area contributed by atoms with Gasteiger partial charge in [0.15, 0.2) is 5.78 Å². The lowest BCUT2D eigenvalue weighted by atomic mass is 10.1. The highest BCUT2D eigenvalue weighted by molar-refractivity contribution is 6.08. The highest BCUT2D eigenvalue weighted by atomic mass is 16.5. The number of hydrogen-bond acceptors (Lipinski definition) is 6. The number of aliphatic imine (C=N–C) groups is 1. The van der Waals surface area contributed by atoms with E-state index < -0.39 is 0 Å². The van der Waals surface area contributed by atoms with Crippen LogP contribution in [0, 0.1) is 0 Å². The van der Waals surface area contributed by atoms with Gasteiger partial charge in [-0.25, -0.2) is 4.99 Å². The number of aryl methyl sites for hydroxylation is 1. The summed E-state index contributed by atoms with van der Waals surface area (Å²) in [5.41, 5.74) is 2.70. The van der Waals surface area contributed by atoms with E-state index >= 15 is 0 Å². The molecule has 0 spiro atoms. The number of aromatic nitrogens is 1. The van der Waals surface area contributed by atoms with E-state index in [-0.39, 0.29) is 5.78 Å². The van der Waals surface area contributed by atoms with Crippen molar-refractivity contribution < 1.29 is 14.3 Å². The molecule has 2 aliphatic rings. The number of benzene rings is 1. The second-order valence-electron chi connectivity index (χ2n) is 7.75. The fraction of sp³-hybridized carbons (Fsp3) is 0.478. The molecule has 1 aromatic carbocycles. The Morgan fingerprint density at radius 1 is 1.10 bits per heavy atom. The van der Waals surface area contributed by atoms with Crippen LogP contribution in [0.15, 0.2) is 41.5 Å². The minimum Gasteiger partial charge on any atom is -0.495 e. The summed E-state index contributed by atoms with van der Waals surface area (Å²) in [6, 6.07) is 10.1. The Hall–Kier alpha value is -2.80. The number of anilines is 1. The summed E-state index contributed by atoms with van der Waals surface area (Å²) in [6.45, 7) is 6.11. The maximum Gasteiger partial charge on any atom is 0.234 e. The smallest absolute Gasteiger partial charge is 0.234 e. The van der Waals surface area contributed by atoms with E-state index in [0.29, 0.717) is 25.5 Å². The van der Waals surface area contributed by atoms with Crippen LogP contribution in [0.3, 0.4) is 0 Å². The first-order valence-electron chi connectivity index (χ1n) is 10.6. The summed E-state index contributed by atoms with van der Waals surface area (Å²) in [5.74, 6) is 1.67. The molecular formula is C23H30N4O3. The van der Waals surface area contributed by atoms with Crippen LogP contribution < -0.4 is 9.64 Å². The largest absolute Gasteiger partial charge is 0.495 e. The number of piperazine rings is 1. The molecular weight excluding hydrogens is 380 g/mol. The van der Waals surface area contributed by atoms with Gasteiger partial charge < -0.3 is 18.9 Å². The van der Waals surface area contributed by atoms with Gasteiger partial charge in [0.1, 0.15) is 11.4 Å². The first-order valence-corrected chi connectivity index (χ1v) is 10.6. The predicted molar refractivity (Wildman–Crippen MR) is 118 cm³/mol. The highest BCUT2D eigenvalue weighted by Gasteiger charge is 2.23. The van der Waals surface area contributed by atoms with Gasteiger partial charge in [-0.3, -0.25) is 9.69 Å². The molecule has 0 unspecified atom stereocenters. The van der Waals surface area contributed by atoms with E-state index in [4.69, 9.17) is 9.47 Å². The highest BCUT2D eigenvalue weighted by Crippen LogP contribution is 2.28. The minimum atomic E-state index is 0.140. The van der Waals surface area contributed by atoms with Crippen LogP contribution >= 0.6 is 0 Å². The van der Waals surface area contributed by atoms with Crippen molar-refractivity contribution in [1.82, 2.24) is 9.47 Å². The predicted octanol–water partition coefficient (Wildman–Crippen LogP) is 2.60. The third kappa shape index (κ3) is 4.36. The molecule has 1 aromatic heterocycles. The SMILES string of the molecule is COc1ccccc1N1CCN(CCCOC2=NCCC(=O)c3ccn(C)c32)CC1. The van der Waals surface area contributed by atoms with Crippen molar-refractivity contribution in [2.24, 2.45) is 12.0 Å². The molecule has 3 heterocycles. The summed E-state index contributed by atoms with van der Waals surface area (Å²) < 4.78 is 13.4. The molecule has 0 amide bonds. The van der Waals surface area contributed by atoms with Crippen molar-refractivity contribution >= 4 is 17.4 Å². The number of fused-ring (bicyclic) bond motifs is 1. The summed E-state index contributed by atoms with van der Waals surface area (Å²) in [4.78, 5) is 21.6. The molecule has 0 aliphatic carbocycles. The van der Waals surface area contributed by atoms with Crippen LogP contribution in [0.2, 0.25) is 0 Å². The number of carbonyl (C=O) groups excluding carboxylic acids is 1. The Labute approximate surface area is 177 Å². The number of ketones is 1. The Balaban J connectivity index is 1.24. The summed E-state index contributed by atoms with van der Waals surface area (Å²) in [6.07, 6.45) is 3.27. The molecule has 0 bridgehead atoms. The standard InChI is InChI=1S/C23H30N4O3/c1-25-12-9-18-20(28)8-10-24-23(22(18)25)30-17-5-11-26-13-15-27(16-14-26)19-6-3-4-7-21(19)29-2/h3-4,6-7,9,12H,5,8,10-11,13-17H2,1-2H3. The van der Waals surface area contributed by atoms with Gasteiger partial charge in [-0.15, -0.1) is 0 Å². The lowest BCUT2D eigenvalue weighted by Crippen LogP contribution is -2.46. The van der Waals surface area contributed by atoms with Gasteiger partial charge >= 0.3 is 0 Å². The number of hydrogen-bond donors (Lipinski definition) is 0. The number of carbonyl (C=O) groups is 1. The molecule has 2 aliphatic heterocycles.